The van der Waals surface area contributed by atoms with Crippen molar-refractivity contribution in [1.82, 2.24) is 14.9 Å². The number of pyridine rings is 1. The first kappa shape index (κ1) is 27.6. The quantitative estimate of drug-likeness (QED) is 0.211. The summed E-state index contributed by atoms with van der Waals surface area (Å²) in [6, 6.07) is 26.7. The van der Waals surface area contributed by atoms with E-state index in [9.17, 15) is 13.2 Å². The number of benzene rings is 3. The Morgan fingerprint density at radius 2 is 1.71 bits per heavy atom. The summed E-state index contributed by atoms with van der Waals surface area (Å²) in [6.07, 6.45) is 1.85. The maximum absolute atomic E-state index is 13.0. The van der Waals surface area contributed by atoms with E-state index in [1.165, 1.54) is 11.3 Å². The molecule has 8 nitrogen and oxygen atoms in total. The van der Waals surface area contributed by atoms with Crippen molar-refractivity contribution in [3.05, 3.63) is 96.5 Å². The molecule has 0 unspecified atom stereocenters. The second-order valence-corrected chi connectivity index (χ2v) is 13.2. The van der Waals surface area contributed by atoms with E-state index in [2.05, 4.69) is 21.8 Å². The molecule has 3 aromatic carbocycles. The number of aromatic amines is 1. The minimum absolute atomic E-state index is 0.0110. The van der Waals surface area contributed by atoms with Gasteiger partial charge in [-0.2, -0.15) is 0 Å². The Bertz CT molecular complexity index is 2020. The van der Waals surface area contributed by atoms with E-state index in [1.54, 1.807) is 35.5 Å². The van der Waals surface area contributed by atoms with Gasteiger partial charge in [-0.3, -0.25) is 9.52 Å². The van der Waals surface area contributed by atoms with Crippen molar-refractivity contribution >= 4 is 60.6 Å². The summed E-state index contributed by atoms with van der Waals surface area (Å²) >= 11 is 1.17. The number of thiophene rings is 1. The highest BCUT2D eigenvalue weighted by Crippen LogP contribution is 2.41. The lowest BCUT2D eigenvalue weighted by atomic mass is 9.92. The zero-order valence-corrected chi connectivity index (χ0v) is 25.0. The van der Waals surface area contributed by atoms with Crippen LogP contribution in [0.25, 0.3) is 44.2 Å². The SMILES string of the molecule is CN(C)CC(=O)N(C)c1cccc(-c2cnc3[nH]c4ccc(NS(=O)(=O)c5cccs5)cc4c3c2-c2ccccc2)c1. The Morgan fingerprint density at radius 3 is 2.45 bits per heavy atom. The number of H-pyrrole nitrogens is 1. The molecule has 2 N–H and O–H groups in total. The van der Waals surface area contributed by atoms with Crippen LogP contribution in [0.15, 0.2) is 101 Å². The number of hydrogen-bond acceptors (Lipinski definition) is 6. The summed E-state index contributed by atoms with van der Waals surface area (Å²) in [5.41, 5.74) is 6.54. The third kappa shape index (κ3) is 5.27. The number of nitrogens with one attached hydrogen (secondary N) is 2. The number of sulfonamides is 1. The molecule has 3 aromatic heterocycles. The summed E-state index contributed by atoms with van der Waals surface area (Å²) in [6.45, 7) is 0.303. The van der Waals surface area contributed by atoms with Crippen LogP contribution in [0.3, 0.4) is 0 Å². The summed E-state index contributed by atoms with van der Waals surface area (Å²) in [5, 5.41) is 3.47. The minimum atomic E-state index is -3.71. The zero-order chi connectivity index (χ0) is 29.4. The number of fused-ring (bicyclic) bond motifs is 3. The molecule has 0 fully saturated rings. The van der Waals surface area contributed by atoms with Gasteiger partial charge in [0.15, 0.2) is 0 Å². The Balaban J connectivity index is 1.53. The molecule has 42 heavy (non-hydrogen) atoms. The Kier molecular flexibility index (Phi) is 7.28. The summed E-state index contributed by atoms with van der Waals surface area (Å²) < 4.78 is 28.9. The molecule has 3 heterocycles. The van der Waals surface area contributed by atoms with Crippen LogP contribution in [-0.2, 0) is 14.8 Å². The van der Waals surface area contributed by atoms with Crippen molar-refractivity contribution in [2.45, 2.75) is 4.21 Å². The highest BCUT2D eigenvalue weighted by molar-refractivity contribution is 7.94. The number of rotatable bonds is 8. The van der Waals surface area contributed by atoms with Gasteiger partial charge in [0.25, 0.3) is 10.0 Å². The number of carbonyl (C=O) groups is 1. The van der Waals surface area contributed by atoms with Gasteiger partial charge in [0, 0.05) is 52.0 Å². The average molecular weight is 596 g/mol. The van der Waals surface area contributed by atoms with Gasteiger partial charge < -0.3 is 14.8 Å². The van der Waals surface area contributed by atoms with Crippen LogP contribution in [-0.4, -0.2) is 56.9 Å². The van der Waals surface area contributed by atoms with E-state index in [0.29, 0.717) is 17.9 Å². The highest BCUT2D eigenvalue weighted by atomic mass is 32.2. The second kappa shape index (κ2) is 11.1. The molecule has 6 rings (SSSR count). The van der Waals surface area contributed by atoms with Gasteiger partial charge in [-0.25, -0.2) is 13.4 Å². The standard InChI is InChI=1S/C32H29N5O3S2/c1-36(2)20-28(38)37(3)24-12-7-11-22(17-24)26-19-33-32-31(30(26)21-9-5-4-6-10-21)25-18-23(14-15-27(25)34-32)35-42(39,40)29-13-8-16-41-29/h4-19,35H,20H2,1-3H3,(H,33,34). The summed E-state index contributed by atoms with van der Waals surface area (Å²) in [4.78, 5) is 24.5. The molecule has 0 aliphatic heterocycles. The summed E-state index contributed by atoms with van der Waals surface area (Å²) in [7, 11) is 1.81. The molecular formula is C32H29N5O3S2. The number of anilines is 2. The molecule has 10 heteroatoms. The van der Waals surface area contributed by atoms with Crippen molar-refractivity contribution < 1.29 is 13.2 Å². The largest absolute Gasteiger partial charge is 0.339 e. The first-order valence-electron chi connectivity index (χ1n) is 13.3. The van der Waals surface area contributed by atoms with Crippen molar-refractivity contribution in [2.75, 3.05) is 37.3 Å². The third-order valence-corrected chi connectivity index (χ3v) is 9.84. The molecule has 0 radical (unpaired) electrons. The van der Waals surface area contributed by atoms with Crippen LogP contribution in [0.4, 0.5) is 11.4 Å². The number of likely N-dealkylation sites (N-methyl/N-ethyl adjacent to an activating group) is 2. The van der Waals surface area contributed by atoms with E-state index in [4.69, 9.17) is 4.98 Å². The van der Waals surface area contributed by atoms with Gasteiger partial charge in [-0.15, -0.1) is 11.3 Å². The Labute approximate surface area is 248 Å². The van der Waals surface area contributed by atoms with Gasteiger partial charge >= 0.3 is 0 Å². The monoisotopic (exact) mass is 595 g/mol. The van der Waals surface area contributed by atoms with Gasteiger partial charge in [0.05, 0.1) is 6.54 Å². The molecule has 0 aliphatic carbocycles. The maximum atomic E-state index is 13.0. The Hall–Kier alpha value is -4.51. The van der Waals surface area contributed by atoms with Crippen LogP contribution in [0.5, 0.6) is 0 Å². The van der Waals surface area contributed by atoms with E-state index in [1.807, 2.05) is 79.8 Å². The van der Waals surface area contributed by atoms with E-state index in [-0.39, 0.29) is 10.1 Å². The lowest BCUT2D eigenvalue weighted by molar-refractivity contribution is -0.118. The number of nitrogens with zero attached hydrogens (tertiary/aromatic N) is 3. The number of hydrogen-bond donors (Lipinski definition) is 2. The first-order chi connectivity index (χ1) is 20.2. The first-order valence-corrected chi connectivity index (χ1v) is 15.7. The van der Waals surface area contributed by atoms with E-state index < -0.39 is 10.0 Å². The normalized spacial score (nSPS) is 11.8. The molecule has 0 saturated heterocycles. The zero-order valence-electron chi connectivity index (χ0n) is 23.3. The molecule has 0 bridgehead atoms. The van der Waals surface area contributed by atoms with Crippen LogP contribution < -0.4 is 9.62 Å². The number of aromatic nitrogens is 2. The molecular weight excluding hydrogens is 567 g/mol. The number of carbonyl (C=O) groups excluding carboxylic acids is 1. The second-order valence-electron chi connectivity index (χ2n) is 10.3. The molecule has 0 saturated carbocycles. The van der Waals surface area contributed by atoms with Crippen LogP contribution in [0, 0.1) is 0 Å². The predicted molar refractivity (Wildman–Crippen MR) is 172 cm³/mol. The molecule has 0 atom stereocenters. The fraction of sp³-hybridized carbons (Fsp3) is 0.125. The molecule has 0 spiro atoms. The van der Waals surface area contributed by atoms with Crippen molar-refractivity contribution in [3.8, 4) is 22.3 Å². The smallest absolute Gasteiger partial charge is 0.271 e. The predicted octanol–water partition coefficient (Wildman–Crippen LogP) is 6.44. The fourth-order valence-corrected chi connectivity index (χ4v) is 7.11. The maximum Gasteiger partial charge on any atom is 0.271 e. The van der Waals surface area contributed by atoms with E-state index in [0.717, 1.165) is 44.2 Å². The number of amides is 1. The van der Waals surface area contributed by atoms with Crippen molar-refractivity contribution in [2.24, 2.45) is 0 Å². The van der Waals surface area contributed by atoms with Gasteiger partial charge in [0.2, 0.25) is 5.91 Å². The van der Waals surface area contributed by atoms with Crippen molar-refractivity contribution in [1.29, 1.82) is 0 Å². The van der Waals surface area contributed by atoms with Crippen molar-refractivity contribution in [3.63, 3.8) is 0 Å². The third-order valence-electron chi connectivity index (χ3n) is 7.07. The van der Waals surface area contributed by atoms with Gasteiger partial charge in [0.1, 0.15) is 9.86 Å². The van der Waals surface area contributed by atoms with E-state index >= 15 is 0 Å². The molecule has 6 aromatic rings. The lowest BCUT2D eigenvalue weighted by Crippen LogP contribution is -2.34. The van der Waals surface area contributed by atoms with Crippen LogP contribution in [0.1, 0.15) is 0 Å². The van der Waals surface area contributed by atoms with Crippen LogP contribution >= 0.6 is 11.3 Å². The highest BCUT2D eigenvalue weighted by Gasteiger charge is 2.20. The van der Waals surface area contributed by atoms with Crippen LogP contribution in [0.2, 0.25) is 0 Å². The molecule has 1 amide bonds. The topological polar surface area (TPSA) is 98.4 Å². The summed E-state index contributed by atoms with van der Waals surface area (Å²) in [5.74, 6) is -0.0110. The molecule has 0 aliphatic rings. The van der Waals surface area contributed by atoms with Gasteiger partial charge in [-0.05, 0) is 67.0 Å². The Morgan fingerprint density at radius 1 is 0.929 bits per heavy atom. The fourth-order valence-electron chi connectivity index (χ4n) is 5.07. The lowest BCUT2D eigenvalue weighted by Gasteiger charge is -2.21. The minimum Gasteiger partial charge on any atom is -0.339 e. The molecule has 212 valence electrons. The van der Waals surface area contributed by atoms with Gasteiger partial charge in [-0.1, -0.05) is 48.5 Å². The average Bonchev–Trinajstić information content (AvgIpc) is 3.65.